The maximum Gasteiger partial charge on any atom is 0.0376 e. The highest BCUT2D eigenvalue weighted by atomic mass is 15.2. The van der Waals surface area contributed by atoms with E-state index >= 15 is 0 Å². The summed E-state index contributed by atoms with van der Waals surface area (Å²) in [4.78, 5) is 5.04. The van der Waals surface area contributed by atoms with Gasteiger partial charge in [-0.1, -0.05) is 18.2 Å². The molecule has 3 heteroatoms. The maximum atomic E-state index is 3.53. The van der Waals surface area contributed by atoms with Gasteiger partial charge in [-0.3, -0.25) is 0 Å². The summed E-state index contributed by atoms with van der Waals surface area (Å²) < 4.78 is 0. The third-order valence-corrected chi connectivity index (χ3v) is 4.67. The fraction of sp³-hybridized carbons (Fsp3) is 0.625. The molecule has 1 fully saturated rings. The number of hydrogen-bond donors (Lipinski definition) is 1. The molecule has 1 aromatic rings. The van der Waals surface area contributed by atoms with Crippen LogP contribution in [0.25, 0.3) is 0 Å². The van der Waals surface area contributed by atoms with Gasteiger partial charge in [0, 0.05) is 37.3 Å². The fourth-order valence-corrected chi connectivity index (χ4v) is 3.52. The largest absolute Gasteiger partial charge is 0.384 e. The van der Waals surface area contributed by atoms with Gasteiger partial charge in [0.1, 0.15) is 0 Å². The van der Waals surface area contributed by atoms with Gasteiger partial charge in [0.2, 0.25) is 0 Å². The van der Waals surface area contributed by atoms with Crippen molar-refractivity contribution in [2.45, 2.75) is 24.8 Å². The molecule has 0 spiro atoms. The number of rotatable bonds is 3. The number of anilines is 1. The zero-order valence-corrected chi connectivity index (χ0v) is 12.1. The van der Waals surface area contributed by atoms with Gasteiger partial charge in [0.05, 0.1) is 0 Å². The zero-order valence-electron chi connectivity index (χ0n) is 12.1. The molecule has 104 valence electrons. The average molecular weight is 259 g/mol. The van der Waals surface area contributed by atoms with Gasteiger partial charge >= 0.3 is 0 Å². The highest BCUT2D eigenvalue weighted by Crippen LogP contribution is 2.32. The second-order valence-electron chi connectivity index (χ2n) is 6.16. The lowest BCUT2D eigenvalue weighted by Crippen LogP contribution is -2.46. The molecule has 2 aliphatic heterocycles. The summed E-state index contributed by atoms with van der Waals surface area (Å²) in [6, 6.07) is 9.48. The van der Waals surface area contributed by atoms with Gasteiger partial charge in [0.25, 0.3) is 0 Å². The van der Waals surface area contributed by atoms with E-state index in [9.17, 15) is 0 Å². The SMILES string of the molecule is CN1CCCC(N(C)CC2CNc3ccccc32)C1. The summed E-state index contributed by atoms with van der Waals surface area (Å²) >= 11 is 0. The molecule has 2 unspecified atom stereocenters. The van der Waals surface area contributed by atoms with Crippen LogP contribution in [-0.4, -0.2) is 56.1 Å². The molecule has 2 atom stereocenters. The number of piperidine rings is 1. The van der Waals surface area contributed by atoms with Crippen molar-refractivity contribution in [1.82, 2.24) is 9.80 Å². The van der Waals surface area contributed by atoms with Crippen molar-refractivity contribution in [3.63, 3.8) is 0 Å². The molecule has 2 heterocycles. The topological polar surface area (TPSA) is 18.5 Å². The van der Waals surface area contributed by atoms with E-state index in [1.54, 1.807) is 0 Å². The number of nitrogens with zero attached hydrogens (tertiary/aromatic N) is 2. The molecule has 19 heavy (non-hydrogen) atoms. The number of fused-ring (bicyclic) bond motifs is 1. The first-order valence-corrected chi connectivity index (χ1v) is 7.45. The van der Waals surface area contributed by atoms with Crippen LogP contribution in [0.1, 0.15) is 24.3 Å². The summed E-state index contributed by atoms with van der Waals surface area (Å²) in [5.74, 6) is 0.647. The highest BCUT2D eigenvalue weighted by Gasteiger charge is 2.27. The van der Waals surface area contributed by atoms with E-state index < -0.39 is 0 Å². The Morgan fingerprint density at radius 3 is 3.05 bits per heavy atom. The summed E-state index contributed by atoms with van der Waals surface area (Å²) in [6.45, 7) is 4.74. The second-order valence-corrected chi connectivity index (χ2v) is 6.16. The summed E-state index contributed by atoms with van der Waals surface area (Å²) in [5.41, 5.74) is 2.83. The first-order chi connectivity index (χ1) is 9.24. The normalized spacial score (nSPS) is 27.3. The molecule has 2 aliphatic rings. The molecule has 0 saturated carbocycles. The lowest BCUT2D eigenvalue weighted by molar-refractivity contribution is 0.130. The number of hydrogen-bond acceptors (Lipinski definition) is 3. The monoisotopic (exact) mass is 259 g/mol. The molecule has 0 bridgehead atoms. The molecule has 3 rings (SSSR count). The molecule has 0 aliphatic carbocycles. The lowest BCUT2D eigenvalue weighted by Gasteiger charge is -2.37. The molecular weight excluding hydrogens is 234 g/mol. The second kappa shape index (κ2) is 5.51. The molecule has 0 amide bonds. The van der Waals surface area contributed by atoms with Crippen LogP contribution in [0.5, 0.6) is 0 Å². The highest BCUT2D eigenvalue weighted by molar-refractivity contribution is 5.57. The molecule has 1 saturated heterocycles. The fourth-order valence-electron chi connectivity index (χ4n) is 3.52. The number of nitrogens with one attached hydrogen (secondary N) is 1. The summed E-state index contributed by atoms with van der Waals surface area (Å²) in [7, 11) is 4.54. The van der Waals surface area contributed by atoms with E-state index in [4.69, 9.17) is 0 Å². The van der Waals surface area contributed by atoms with Crippen LogP contribution in [0.15, 0.2) is 24.3 Å². The lowest BCUT2D eigenvalue weighted by atomic mass is 9.98. The first-order valence-electron chi connectivity index (χ1n) is 7.45. The minimum atomic E-state index is 0.647. The Bertz CT molecular complexity index is 432. The summed E-state index contributed by atoms with van der Waals surface area (Å²) in [6.07, 6.45) is 2.69. The Morgan fingerprint density at radius 2 is 2.21 bits per heavy atom. The number of benzene rings is 1. The Balaban J connectivity index is 1.63. The minimum absolute atomic E-state index is 0.647. The van der Waals surface area contributed by atoms with Crippen LogP contribution in [0.3, 0.4) is 0 Å². The third kappa shape index (κ3) is 2.77. The van der Waals surface area contributed by atoms with Gasteiger partial charge in [-0.15, -0.1) is 0 Å². The standard InChI is InChI=1S/C16H25N3/c1-18-9-5-6-14(12-18)19(2)11-13-10-17-16-8-4-3-7-15(13)16/h3-4,7-8,13-14,17H,5-6,9-12H2,1-2H3. The zero-order chi connectivity index (χ0) is 13.2. The third-order valence-electron chi connectivity index (χ3n) is 4.67. The van der Waals surface area contributed by atoms with E-state index in [0.717, 1.165) is 12.6 Å². The Labute approximate surface area is 116 Å². The van der Waals surface area contributed by atoms with Gasteiger partial charge in [-0.05, 0) is 45.1 Å². The van der Waals surface area contributed by atoms with E-state index in [-0.39, 0.29) is 0 Å². The van der Waals surface area contributed by atoms with Crippen LogP contribution in [0.4, 0.5) is 5.69 Å². The van der Waals surface area contributed by atoms with Crippen LogP contribution in [0.2, 0.25) is 0 Å². The van der Waals surface area contributed by atoms with E-state index in [0.29, 0.717) is 5.92 Å². The van der Waals surface area contributed by atoms with Crippen molar-refractivity contribution in [2.24, 2.45) is 0 Å². The van der Waals surface area contributed by atoms with Crippen molar-refractivity contribution in [1.29, 1.82) is 0 Å². The Morgan fingerprint density at radius 1 is 1.37 bits per heavy atom. The van der Waals surface area contributed by atoms with Crippen LogP contribution >= 0.6 is 0 Å². The van der Waals surface area contributed by atoms with Crippen molar-refractivity contribution >= 4 is 5.69 Å². The van der Waals surface area contributed by atoms with Crippen LogP contribution in [0, 0.1) is 0 Å². The maximum absolute atomic E-state index is 3.53. The van der Waals surface area contributed by atoms with Crippen molar-refractivity contribution in [2.75, 3.05) is 45.6 Å². The van der Waals surface area contributed by atoms with Crippen molar-refractivity contribution < 1.29 is 0 Å². The van der Waals surface area contributed by atoms with Crippen LogP contribution in [-0.2, 0) is 0 Å². The average Bonchev–Trinajstić information content (AvgIpc) is 2.82. The minimum Gasteiger partial charge on any atom is -0.384 e. The predicted octanol–water partition coefficient (Wildman–Crippen LogP) is 2.22. The number of para-hydroxylation sites is 1. The number of likely N-dealkylation sites (N-methyl/N-ethyl adjacent to an activating group) is 2. The molecular formula is C16H25N3. The van der Waals surface area contributed by atoms with Gasteiger partial charge in [0.15, 0.2) is 0 Å². The predicted molar refractivity (Wildman–Crippen MR) is 80.8 cm³/mol. The van der Waals surface area contributed by atoms with E-state index in [1.807, 2.05) is 0 Å². The Hall–Kier alpha value is -1.06. The first kappa shape index (κ1) is 12.9. The molecule has 0 radical (unpaired) electrons. The van der Waals surface area contributed by atoms with Gasteiger partial charge in [-0.25, -0.2) is 0 Å². The smallest absolute Gasteiger partial charge is 0.0376 e. The Kier molecular flexibility index (Phi) is 3.76. The molecule has 1 aromatic carbocycles. The van der Waals surface area contributed by atoms with E-state index in [1.165, 1.54) is 43.7 Å². The van der Waals surface area contributed by atoms with E-state index in [2.05, 4.69) is 53.5 Å². The molecule has 0 aromatic heterocycles. The molecule has 1 N–H and O–H groups in total. The quantitative estimate of drug-likeness (QED) is 0.898. The number of likely N-dealkylation sites (tertiary alicyclic amines) is 1. The van der Waals surface area contributed by atoms with Crippen molar-refractivity contribution in [3.05, 3.63) is 29.8 Å². The van der Waals surface area contributed by atoms with Gasteiger partial charge < -0.3 is 15.1 Å². The van der Waals surface area contributed by atoms with Crippen molar-refractivity contribution in [3.8, 4) is 0 Å². The van der Waals surface area contributed by atoms with Crippen LogP contribution < -0.4 is 5.32 Å². The molecule has 3 nitrogen and oxygen atoms in total. The summed E-state index contributed by atoms with van der Waals surface area (Å²) in [5, 5.41) is 3.53. The van der Waals surface area contributed by atoms with Gasteiger partial charge in [-0.2, -0.15) is 0 Å².